The summed E-state index contributed by atoms with van der Waals surface area (Å²) in [5, 5.41) is 17.1. The molecule has 3 nitrogen and oxygen atoms in total. The maximum Gasteiger partial charge on any atom is 0.126 e. The molecule has 3 aromatic carbocycles. The lowest BCUT2D eigenvalue weighted by Crippen LogP contribution is -2.46. The van der Waals surface area contributed by atoms with Gasteiger partial charge in [0.05, 0.1) is 5.71 Å². The Hall–Kier alpha value is -2.69. The highest BCUT2D eigenvalue weighted by molar-refractivity contribution is 6.76. The van der Waals surface area contributed by atoms with Gasteiger partial charge in [0, 0.05) is 14.0 Å². The van der Waals surface area contributed by atoms with Gasteiger partial charge in [-0.1, -0.05) is 116 Å². The molecule has 31 heavy (non-hydrogen) atoms. The molecule has 3 aromatic rings. The van der Waals surface area contributed by atoms with Crippen LogP contribution in [0.4, 0.5) is 0 Å². The molecule has 160 valence electrons. The molecule has 0 saturated heterocycles. The van der Waals surface area contributed by atoms with Crippen LogP contribution in [0.25, 0.3) is 0 Å². The second kappa shape index (κ2) is 8.81. The maximum absolute atomic E-state index is 12.5. The van der Waals surface area contributed by atoms with Crippen LogP contribution in [0.3, 0.4) is 0 Å². The van der Waals surface area contributed by atoms with E-state index < -0.39 is 13.7 Å². The van der Waals surface area contributed by atoms with Gasteiger partial charge in [0.25, 0.3) is 0 Å². The molecular weight excluding hydrogens is 398 g/mol. The SMILES string of the molecule is C[Si](C)(C)C[C@H]1C[C@@H](C(O)(c2ccccc2)c2ccccc2)C(c2ccccc2)=NO1. The van der Waals surface area contributed by atoms with Crippen LogP contribution in [-0.4, -0.2) is 25.0 Å². The second-order valence-corrected chi connectivity index (χ2v) is 15.2. The Balaban J connectivity index is 1.87. The molecule has 0 aromatic heterocycles. The molecule has 0 radical (unpaired) electrons. The standard InChI is InChI=1S/C27H31NO2Si/c1-31(2,3)20-24-19-25(26(28-30-24)21-13-7-4-8-14-21)27(29,22-15-9-5-10-16-22)23-17-11-6-12-18-23/h4-18,24-25,29H,19-20H2,1-3H3/t24-,25-/m1/s1. The third-order valence-corrected chi connectivity index (χ3v) is 7.65. The van der Waals surface area contributed by atoms with Crippen molar-refractivity contribution in [2.75, 3.05) is 0 Å². The minimum absolute atomic E-state index is 0.00285. The molecule has 0 amide bonds. The summed E-state index contributed by atoms with van der Waals surface area (Å²) in [6, 6.07) is 31.1. The maximum atomic E-state index is 12.5. The van der Waals surface area contributed by atoms with Crippen LogP contribution in [0, 0.1) is 5.92 Å². The summed E-state index contributed by atoms with van der Waals surface area (Å²) in [6.07, 6.45) is 0.723. The van der Waals surface area contributed by atoms with Crippen LogP contribution < -0.4 is 0 Å². The van der Waals surface area contributed by atoms with Crippen molar-refractivity contribution in [3.05, 3.63) is 108 Å². The Bertz CT molecular complexity index is 974. The van der Waals surface area contributed by atoms with Crippen molar-refractivity contribution in [2.45, 2.75) is 43.8 Å². The fourth-order valence-corrected chi connectivity index (χ4v) is 6.21. The van der Waals surface area contributed by atoms with Gasteiger partial charge in [0.15, 0.2) is 0 Å². The molecule has 4 heteroatoms. The molecule has 1 aliphatic heterocycles. The minimum atomic E-state index is -1.37. The number of hydrogen-bond acceptors (Lipinski definition) is 3. The molecule has 1 N–H and O–H groups in total. The highest BCUT2D eigenvalue weighted by Gasteiger charge is 2.47. The van der Waals surface area contributed by atoms with E-state index in [2.05, 4.69) is 24.8 Å². The highest BCUT2D eigenvalue weighted by Crippen LogP contribution is 2.43. The molecule has 1 aliphatic rings. The van der Waals surface area contributed by atoms with Crippen molar-refractivity contribution in [1.29, 1.82) is 0 Å². The van der Waals surface area contributed by atoms with Gasteiger partial charge >= 0.3 is 0 Å². The summed E-state index contributed by atoms with van der Waals surface area (Å²) >= 11 is 0. The van der Waals surface area contributed by atoms with Gasteiger partial charge in [-0.05, 0) is 29.2 Å². The molecular formula is C27H31NO2Si. The highest BCUT2D eigenvalue weighted by atomic mass is 28.3. The van der Waals surface area contributed by atoms with Crippen molar-refractivity contribution in [2.24, 2.45) is 11.1 Å². The van der Waals surface area contributed by atoms with Crippen molar-refractivity contribution < 1.29 is 9.94 Å². The van der Waals surface area contributed by atoms with Crippen LogP contribution in [0.15, 0.2) is 96.2 Å². The van der Waals surface area contributed by atoms with Gasteiger partial charge in [0.1, 0.15) is 11.7 Å². The molecule has 2 atom stereocenters. The van der Waals surface area contributed by atoms with E-state index in [4.69, 9.17) is 4.84 Å². The van der Waals surface area contributed by atoms with Crippen molar-refractivity contribution >= 4 is 13.8 Å². The number of nitrogens with zero attached hydrogens (tertiary/aromatic N) is 1. The largest absolute Gasteiger partial charge is 0.393 e. The van der Waals surface area contributed by atoms with E-state index in [1.54, 1.807) is 0 Å². The molecule has 0 spiro atoms. The number of benzene rings is 3. The zero-order chi connectivity index (χ0) is 21.9. The van der Waals surface area contributed by atoms with E-state index in [1.807, 2.05) is 91.0 Å². The smallest absolute Gasteiger partial charge is 0.126 e. The first-order valence-electron chi connectivity index (χ1n) is 11.0. The molecule has 1 heterocycles. The lowest BCUT2D eigenvalue weighted by molar-refractivity contribution is -0.0171. The molecule has 0 fully saturated rings. The van der Waals surface area contributed by atoms with E-state index >= 15 is 0 Å². The molecule has 0 aliphatic carbocycles. The van der Waals surface area contributed by atoms with Crippen molar-refractivity contribution in [3.8, 4) is 0 Å². The Morgan fingerprint density at radius 3 is 1.81 bits per heavy atom. The van der Waals surface area contributed by atoms with Crippen LogP contribution in [-0.2, 0) is 10.4 Å². The summed E-state index contributed by atoms with van der Waals surface area (Å²) in [4.78, 5) is 6.03. The zero-order valence-electron chi connectivity index (χ0n) is 18.5. The van der Waals surface area contributed by atoms with Crippen LogP contribution in [0.5, 0.6) is 0 Å². The first-order valence-corrected chi connectivity index (χ1v) is 14.7. The summed E-state index contributed by atoms with van der Waals surface area (Å²) in [7, 11) is -1.37. The van der Waals surface area contributed by atoms with E-state index in [0.717, 1.165) is 34.9 Å². The molecule has 0 unspecified atom stereocenters. The molecule has 0 saturated carbocycles. The van der Waals surface area contributed by atoms with E-state index in [1.165, 1.54) is 0 Å². The summed E-state index contributed by atoms with van der Waals surface area (Å²) < 4.78 is 0. The number of oxime groups is 1. The normalized spacial score (nSPS) is 19.4. The van der Waals surface area contributed by atoms with Gasteiger partial charge in [-0.3, -0.25) is 0 Å². The average molecular weight is 430 g/mol. The Morgan fingerprint density at radius 1 is 0.839 bits per heavy atom. The van der Waals surface area contributed by atoms with Gasteiger partial charge in [-0.25, -0.2) is 0 Å². The van der Waals surface area contributed by atoms with Crippen LogP contribution in [0.2, 0.25) is 25.7 Å². The van der Waals surface area contributed by atoms with Gasteiger partial charge in [-0.2, -0.15) is 0 Å². The summed E-state index contributed by atoms with van der Waals surface area (Å²) in [6.45, 7) is 7.05. The second-order valence-electron chi connectivity index (χ2n) is 9.62. The fraction of sp³-hybridized carbons (Fsp3) is 0.296. The molecule has 0 bridgehead atoms. The van der Waals surface area contributed by atoms with Crippen molar-refractivity contribution in [1.82, 2.24) is 0 Å². The Labute approximate surface area is 186 Å². The first-order chi connectivity index (χ1) is 14.9. The van der Waals surface area contributed by atoms with Gasteiger partial charge < -0.3 is 9.94 Å². The van der Waals surface area contributed by atoms with Gasteiger partial charge in [0.2, 0.25) is 0 Å². The van der Waals surface area contributed by atoms with Crippen LogP contribution >= 0.6 is 0 Å². The van der Waals surface area contributed by atoms with Crippen molar-refractivity contribution in [3.63, 3.8) is 0 Å². The number of aliphatic hydroxyl groups is 1. The lowest BCUT2D eigenvalue weighted by Gasteiger charge is -2.42. The topological polar surface area (TPSA) is 41.8 Å². The molecule has 4 rings (SSSR count). The summed E-state index contributed by atoms with van der Waals surface area (Å²) in [5.74, 6) is -0.227. The average Bonchev–Trinajstić information content (AvgIpc) is 2.79. The number of hydrogen-bond donors (Lipinski definition) is 1. The quantitative estimate of drug-likeness (QED) is 0.483. The number of rotatable bonds is 6. The Kier molecular flexibility index (Phi) is 6.12. The van der Waals surface area contributed by atoms with E-state index in [0.29, 0.717) is 0 Å². The zero-order valence-corrected chi connectivity index (χ0v) is 19.5. The lowest BCUT2D eigenvalue weighted by atomic mass is 9.70. The first kappa shape index (κ1) is 21.5. The predicted octanol–water partition coefficient (Wildman–Crippen LogP) is 6.07. The Morgan fingerprint density at radius 2 is 1.32 bits per heavy atom. The van der Waals surface area contributed by atoms with Gasteiger partial charge in [-0.15, -0.1) is 0 Å². The third-order valence-electron chi connectivity index (χ3n) is 5.97. The minimum Gasteiger partial charge on any atom is -0.393 e. The third kappa shape index (κ3) is 4.65. The monoisotopic (exact) mass is 429 g/mol. The predicted molar refractivity (Wildman–Crippen MR) is 130 cm³/mol. The summed E-state index contributed by atoms with van der Waals surface area (Å²) in [5.41, 5.74) is 2.34. The van der Waals surface area contributed by atoms with E-state index in [9.17, 15) is 5.11 Å². The van der Waals surface area contributed by atoms with E-state index in [-0.39, 0.29) is 12.0 Å². The van der Waals surface area contributed by atoms with Crippen LogP contribution in [0.1, 0.15) is 23.1 Å². The fourth-order valence-electron chi connectivity index (χ4n) is 4.60.